The number of benzene rings is 1. The average Bonchev–Trinajstić information content (AvgIpc) is 3.09. The van der Waals surface area contributed by atoms with Crippen LogP contribution in [-0.4, -0.2) is 45.9 Å². The van der Waals surface area contributed by atoms with E-state index in [2.05, 4.69) is 11.9 Å². The Morgan fingerprint density at radius 2 is 2.14 bits per heavy atom. The van der Waals surface area contributed by atoms with Crippen molar-refractivity contribution in [2.45, 2.75) is 32.4 Å². The van der Waals surface area contributed by atoms with Crippen molar-refractivity contribution in [2.24, 2.45) is 0 Å². The third-order valence-corrected chi connectivity index (χ3v) is 5.70. The molecule has 0 bridgehead atoms. The summed E-state index contributed by atoms with van der Waals surface area (Å²) < 4.78 is 26.9. The Bertz CT molecular complexity index is 999. The Balaban J connectivity index is 1.62. The molecule has 29 heavy (non-hydrogen) atoms. The maximum Gasteiger partial charge on any atom is 0.274 e. The topological polar surface area (TPSA) is 72.9 Å². The van der Waals surface area contributed by atoms with Crippen LogP contribution in [0.5, 0.6) is 0 Å². The van der Waals surface area contributed by atoms with Gasteiger partial charge in [0.2, 0.25) is 0 Å². The molecule has 2 N–H and O–H groups in total. The quantitative estimate of drug-likeness (QED) is 0.813. The van der Waals surface area contributed by atoms with Crippen molar-refractivity contribution < 1.29 is 23.5 Å². The lowest BCUT2D eigenvalue weighted by molar-refractivity contribution is -0.132. The molecule has 0 aliphatic carbocycles. The van der Waals surface area contributed by atoms with Gasteiger partial charge in [0.1, 0.15) is 11.6 Å². The van der Waals surface area contributed by atoms with Crippen LogP contribution in [0.4, 0.5) is 8.78 Å². The fourth-order valence-corrected chi connectivity index (χ4v) is 4.22. The maximum atomic E-state index is 13.8. The number of aliphatic hydroxyl groups excluding tert-OH is 1. The molecule has 0 saturated carbocycles. The molecule has 3 heterocycles. The molecule has 152 valence electrons. The van der Waals surface area contributed by atoms with Crippen molar-refractivity contribution in [1.82, 2.24) is 15.1 Å². The molecular weight excluding hydrogens is 380 g/mol. The fraction of sp³-hybridized carbons (Fsp3) is 0.333. The van der Waals surface area contributed by atoms with E-state index in [-0.39, 0.29) is 46.7 Å². The normalized spacial score (nSPS) is 21.1. The molecule has 0 aromatic heterocycles. The maximum absolute atomic E-state index is 13.8. The number of carbonyl (C=O) groups is 2. The zero-order valence-corrected chi connectivity index (χ0v) is 16.0. The number of rotatable bonds is 4. The number of aliphatic hydroxyl groups is 1. The van der Waals surface area contributed by atoms with E-state index in [0.29, 0.717) is 25.2 Å². The van der Waals surface area contributed by atoms with E-state index in [1.54, 1.807) is 9.80 Å². The first-order valence-corrected chi connectivity index (χ1v) is 9.50. The molecule has 8 heteroatoms. The Hall–Kier alpha value is -3.16. The molecule has 2 amide bonds. The van der Waals surface area contributed by atoms with Crippen LogP contribution in [0, 0.1) is 11.6 Å². The molecule has 1 aromatic rings. The van der Waals surface area contributed by atoms with Crippen molar-refractivity contribution in [3.05, 3.63) is 70.3 Å². The molecule has 0 radical (unpaired) electrons. The van der Waals surface area contributed by atoms with Crippen molar-refractivity contribution in [2.75, 3.05) is 13.1 Å². The van der Waals surface area contributed by atoms with E-state index in [1.165, 1.54) is 6.07 Å². The van der Waals surface area contributed by atoms with Crippen LogP contribution >= 0.6 is 0 Å². The molecular formula is C21H21F2N3O3. The number of hydrogen-bond donors (Lipinski definition) is 2. The number of carbonyl (C=O) groups excluding carboxylic acids is 2. The zero-order valence-electron chi connectivity index (χ0n) is 16.0. The van der Waals surface area contributed by atoms with Crippen LogP contribution in [0.2, 0.25) is 0 Å². The smallest absolute Gasteiger partial charge is 0.274 e. The lowest BCUT2D eigenvalue weighted by Gasteiger charge is -2.42. The predicted octanol–water partition coefficient (Wildman–Crippen LogP) is 2.50. The van der Waals surface area contributed by atoms with Crippen LogP contribution in [0.1, 0.15) is 25.3 Å². The second-order valence-electron chi connectivity index (χ2n) is 7.32. The molecule has 1 aromatic carbocycles. The first-order valence-electron chi connectivity index (χ1n) is 9.50. The molecule has 2 saturated heterocycles. The lowest BCUT2D eigenvalue weighted by Crippen LogP contribution is -2.53. The van der Waals surface area contributed by atoms with Gasteiger partial charge < -0.3 is 20.2 Å². The Morgan fingerprint density at radius 3 is 2.83 bits per heavy atom. The first kappa shape index (κ1) is 19.2. The van der Waals surface area contributed by atoms with Gasteiger partial charge in [-0.3, -0.25) is 9.59 Å². The Morgan fingerprint density at radius 1 is 1.38 bits per heavy atom. The SMILES string of the molecule is C=C1C(O)=C2C(=O)N(CC)CC3CCC(=C1C(=O)NCc1ccc(F)cc1F)N23. The van der Waals surface area contributed by atoms with E-state index in [0.717, 1.165) is 18.6 Å². The van der Waals surface area contributed by atoms with Gasteiger partial charge in [-0.1, -0.05) is 12.6 Å². The highest BCUT2D eigenvalue weighted by Crippen LogP contribution is 2.44. The Kier molecular flexibility index (Phi) is 4.64. The number of halogens is 2. The minimum absolute atomic E-state index is 0.00903. The highest BCUT2D eigenvalue weighted by atomic mass is 19.1. The predicted molar refractivity (Wildman–Crippen MR) is 101 cm³/mol. The summed E-state index contributed by atoms with van der Waals surface area (Å²) in [6.07, 6.45) is 1.31. The molecule has 3 aliphatic rings. The molecule has 4 rings (SSSR count). The summed E-state index contributed by atoms with van der Waals surface area (Å²) >= 11 is 0. The van der Waals surface area contributed by atoms with Gasteiger partial charge in [0, 0.05) is 42.5 Å². The second kappa shape index (κ2) is 7.02. The summed E-state index contributed by atoms with van der Waals surface area (Å²) in [7, 11) is 0. The van der Waals surface area contributed by atoms with Crippen LogP contribution in [0.3, 0.4) is 0 Å². The lowest BCUT2D eigenvalue weighted by atomic mass is 9.95. The van der Waals surface area contributed by atoms with Crippen LogP contribution in [0.15, 0.2) is 53.1 Å². The molecule has 6 nitrogen and oxygen atoms in total. The van der Waals surface area contributed by atoms with Crippen molar-refractivity contribution in [3.8, 4) is 0 Å². The number of piperazine rings is 1. The van der Waals surface area contributed by atoms with E-state index >= 15 is 0 Å². The summed E-state index contributed by atoms with van der Waals surface area (Å²) in [6.45, 7) is 6.62. The van der Waals surface area contributed by atoms with Gasteiger partial charge in [-0.25, -0.2) is 8.78 Å². The van der Waals surface area contributed by atoms with Gasteiger partial charge in [-0.15, -0.1) is 0 Å². The summed E-state index contributed by atoms with van der Waals surface area (Å²) in [5.74, 6) is -2.56. The number of hydrogen-bond acceptors (Lipinski definition) is 4. The molecule has 3 aliphatic heterocycles. The van der Waals surface area contributed by atoms with Crippen LogP contribution in [0.25, 0.3) is 0 Å². The minimum Gasteiger partial charge on any atom is -0.505 e. The number of nitrogens with zero attached hydrogens (tertiary/aromatic N) is 2. The van der Waals surface area contributed by atoms with Gasteiger partial charge in [0.05, 0.1) is 11.6 Å². The fourth-order valence-electron chi connectivity index (χ4n) is 4.22. The molecule has 1 atom stereocenters. The highest BCUT2D eigenvalue weighted by molar-refractivity contribution is 6.03. The van der Waals surface area contributed by atoms with E-state index in [4.69, 9.17) is 0 Å². The largest absolute Gasteiger partial charge is 0.505 e. The van der Waals surface area contributed by atoms with Crippen LogP contribution < -0.4 is 5.32 Å². The average molecular weight is 401 g/mol. The molecule has 0 spiro atoms. The number of likely N-dealkylation sites (N-methyl/N-ethyl adjacent to an activating group) is 1. The Labute approximate surface area is 166 Å². The van der Waals surface area contributed by atoms with E-state index in [9.17, 15) is 23.5 Å². The zero-order chi connectivity index (χ0) is 20.9. The highest BCUT2D eigenvalue weighted by Gasteiger charge is 2.47. The van der Waals surface area contributed by atoms with Gasteiger partial charge in [-0.2, -0.15) is 0 Å². The molecule has 2 fully saturated rings. The number of amides is 2. The van der Waals surface area contributed by atoms with Gasteiger partial charge in [-0.05, 0) is 25.8 Å². The number of nitrogens with one attached hydrogen (secondary N) is 1. The molecule has 1 unspecified atom stereocenters. The van der Waals surface area contributed by atoms with E-state index in [1.807, 2.05) is 6.92 Å². The van der Waals surface area contributed by atoms with Crippen molar-refractivity contribution >= 4 is 11.8 Å². The monoisotopic (exact) mass is 401 g/mol. The summed E-state index contributed by atoms with van der Waals surface area (Å²) in [5, 5.41) is 13.3. The summed E-state index contributed by atoms with van der Waals surface area (Å²) in [5.41, 5.74) is 1.24. The first-order chi connectivity index (χ1) is 13.8. The van der Waals surface area contributed by atoms with Crippen LogP contribution in [-0.2, 0) is 16.1 Å². The third kappa shape index (κ3) is 2.99. The van der Waals surface area contributed by atoms with E-state index < -0.39 is 17.5 Å². The summed E-state index contributed by atoms with van der Waals surface area (Å²) in [4.78, 5) is 29.1. The summed E-state index contributed by atoms with van der Waals surface area (Å²) in [6, 6.07) is 3.13. The van der Waals surface area contributed by atoms with Crippen molar-refractivity contribution in [3.63, 3.8) is 0 Å². The minimum atomic E-state index is -0.752. The number of allylic oxidation sites excluding steroid dienone is 2. The van der Waals surface area contributed by atoms with Gasteiger partial charge >= 0.3 is 0 Å². The van der Waals surface area contributed by atoms with Gasteiger partial charge in [0.15, 0.2) is 11.5 Å². The van der Waals surface area contributed by atoms with Crippen molar-refractivity contribution in [1.29, 1.82) is 0 Å². The third-order valence-electron chi connectivity index (χ3n) is 5.70. The second-order valence-corrected chi connectivity index (χ2v) is 7.32. The van der Waals surface area contributed by atoms with Gasteiger partial charge in [0.25, 0.3) is 11.8 Å². The standard InChI is InChI=1S/C21H21F2N3O3/c1-3-25-10-14-6-7-16-17(11(2)19(27)18(21(25)29)26(14)16)20(28)24-9-12-4-5-13(22)8-15(12)23/h4-5,8,14,27H,2-3,6-7,9-10H2,1H3,(H,24,28).